The Kier molecular flexibility index (Phi) is 4.56. The molecule has 9 heteroatoms. The van der Waals surface area contributed by atoms with Gasteiger partial charge in [-0.2, -0.15) is 9.29 Å². The fraction of sp³-hybridized carbons (Fsp3) is 0.278. The molecule has 0 saturated carbocycles. The molecule has 1 aliphatic rings. The first-order valence-electron chi connectivity index (χ1n) is 8.56. The molecule has 2 aromatic carbocycles. The third-order valence-electron chi connectivity index (χ3n) is 4.43. The van der Waals surface area contributed by atoms with Crippen LogP contribution in [0.25, 0.3) is 11.1 Å². The largest absolute Gasteiger partial charge is 0.423 e. The Morgan fingerprint density at radius 3 is 2.41 bits per heavy atom. The molecule has 3 aromatic rings. The van der Waals surface area contributed by atoms with Gasteiger partial charge in [-0.1, -0.05) is 6.42 Å². The monoisotopic (exact) mass is 393 g/mol. The lowest BCUT2D eigenvalue weighted by Gasteiger charge is -2.25. The highest BCUT2D eigenvalue weighted by atomic mass is 32.2. The standard InChI is InChI=1S/C18H17F2N3O3S/c19-12-8-13(20)10-14(9-12)21-18-22-16-11-15(4-5-17(16)26-18)27(24,25)23-6-2-1-3-7-23/h4-5,8-11H,1-3,6-7H2,(H,21,22). The van der Waals surface area contributed by atoms with Gasteiger partial charge in [0.25, 0.3) is 6.01 Å². The van der Waals surface area contributed by atoms with Gasteiger partial charge >= 0.3 is 0 Å². The smallest absolute Gasteiger partial charge is 0.300 e. The van der Waals surface area contributed by atoms with E-state index in [1.54, 1.807) is 0 Å². The number of nitrogens with one attached hydrogen (secondary N) is 1. The number of aromatic nitrogens is 1. The summed E-state index contributed by atoms with van der Waals surface area (Å²) in [6, 6.07) is 7.42. The summed E-state index contributed by atoms with van der Waals surface area (Å²) in [4.78, 5) is 4.33. The van der Waals surface area contributed by atoms with E-state index in [4.69, 9.17) is 4.42 Å². The van der Waals surface area contributed by atoms with Gasteiger partial charge < -0.3 is 9.73 Å². The summed E-state index contributed by atoms with van der Waals surface area (Å²) >= 11 is 0. The molecule has 0 unspecified atom stereocenters. The van der Waals surface area contributed by atoms with Gasteiger partial charge in [-0.05, 0) is 43.2 Å². The van der Waals surface area contributed by atoms with E-state index in [1.807, 2.05) is 0 Å². The van der Waals surface area contributed by atoms with E-state index in [0.717, 1.165) is 37.5 Å². The van der Waals surface area contributed by atoms with Gasteiger partial charge in [0, 0.05) is 24.8 Å². The van der Waals surface area contributed by atoms with Gasteiger partial charge in [-0.25, -0.2) is 17.2 Å². The van der Waals surface area contributed by atoms with Gasteiger partial charge in [0.15, 0.2) is 5.58 Å². The number of benzene rings is 2. The number of oxazole rings is 1. The van der Waals surface area contributed by atoms with Gasteiger partial charge in [0.1, 0.15) is 17.2 Å². The van der Waals surface area contributed by atoms with E-state index in [-0.39, 0.29) is 16.6 Å². The van der Waals surface area contributed by atoms with E-state index in [0.29, 0.717) is 24.2 Å². The van der Waals surface area contributed by atoms with Crippen molar-refractivity contribution in [1.29, 1.82) is 0 Å². The second kappa shape index (κ2) is 6.90. The zero-order chi connectivity index (χ0) is 19.0. The SMILES string of the molecule is O=S(=O)(c1ccc2oc(Nc3cc(F)cc(F)c3)nc2c1)N1CCCCC1. The predicted octanol–water partition coefficient (Wildman–Crippen LogP) is 4.02. The van der Waals surface area contributed by atoms with Crippen molar-refractivity contribution in [2.75, 3.05) is 18.4 Å². The first-order valence-corrected chi connectivity index (χ1v) is 10.00. The third-order valence-corrected chi connectivity index (χ3v) is 6.32. The number of rotatable bonds is 4. The first kappa shape index (κ1) is 17.9. The van der Waals surface area contributed by atoms with Crippen LogP contribution >= 0.6 is 0 Å². The molecule has 0 aliphatic carbocycles. The van der Waals surface area contributed by atoms with Crippen molar-refractivity contribution in [3.8, 4) is 0 Å². The quantitative estimate of drug-likeness (QED) is 0.725. The Balaban J connectivity index is 1.63. The van der Waals surface area contributed by atoms with E-state index in [9.17, 15) is 17.2 Å². The Hall–Kier alpha value is -2.52. The molecule has 0 spiro atoms. The van der Waals surface area contributed by atoms with E-state index >= 15 is 0 Å². The second-order valence-electron chi connectivity index (χ2n) is 6.40. The van der Waals surface area contributed by atoms with Crippen LogP contribution in [0.5, 0.6) is 0 Å². The Labute approximate surface area is 154 Å². The summed E-state index contributed by atoms with van der Waals surface area (Å²) in [6.07, 6.45) is 2.73. The Morgan fingerprint density at radius 1 is 1.00 bits per heavy atom. The van der Waals surface area contributed by atoms with E-state index in [2.05, 4.69) is 10.3 Å². The molecule has 27 heavy (non-hydrogen) atoms. The zero-order valence-electron chi connectivity index (χ0n) is 14.3. The molecule has 1 saturated heterocycles. The number of piperidine rings is 1. The summed E-state index contributed by atoms with van der Waals surface area (Å²) in [6.45, 7) is 1.02. The minimum absolute atomic E-state index is 0.0162. The van der Waals surface area contributed by atoms with Crippen molar-refractivity contribution in [3.05, 3.63) is 48.0 Å². The Morgan fingerprint density at radius 2 is 1.70 bits per heavy atom. The summed E-state index contributed by atoms with van der Waals surface area (Å²) in [5, 5.41) is 2.68. The van der Waals surface area contributed by atoms with Gasteiger partial charge in [-0.3, -0.25) is 0 Å². The number of halogens is 2. The van der Waals surface area contributed by atoms with Crippen LogP contribution in [0.1, 0.15) is 19.3 Å². The van der Waals surface area contributed by atoms with Gasteiger partial charge in [-0.15, -0.1) is 0 Å². The fourth-order valence-electron chi connectivity index (χ4n) is 3.12. The lowest BCUT2D eigenvalue weighted by Crippen LogP contribution is -2.35. The van der Waals surface area contributed by atoms with Crippen LogP contribution in [0.2, 0.25) is 0 Å². The molecule has 1 N–H and O–H groups in total. The number of sulfonamides is 1. The van der Waals surface area contributed by atoms with Crippen molar-refractivity contribution < 1.29 is 21.6 Å². The molecular weight excluding hydrogens is 376 g/mol. The molecule has 0 radical (unpaired) electrons. The van der Waals surface area contributed by atoms with Gasteiger partial charge in [0.05, 0.1) is 4.90 Å². The highest BCUT2D eigenvalue weighted by Gasteiger charge is 2.26. The topological polar surface area (TPSA) is 75.4 Å². The van der Waals surface area contributed by atoms with Crippen molar-refractivity contribution in [1.82, 2.24) is 9.29 Å². The lowest BCUT2D eigenvalue weighted by molar-refractivity contribution is 0.346. The van der Waals surface area contributed by atoms with Crippen molar-refractivity contribution in [3.63, 3.8) is 0 Å². The normalized spacial score (nSPS) is 15.9. The molecule has 1 fully saturated rings. The summed E-state index contributed by atoms with van der Waals surface area (Å²) in [5.74, 6) is -1.47. The van der Waals surface area contributed by atoms with Crippen LogP contribution in [-0.4, -0.2) is 30.8 Å². The summed E-state index contributed by atoms with van der Waals surface area (Å²) in [7, 11) is -3.58. The van der Waals surface area contributed by atoms with Gasteiger partial charge in [0.2, 0.25) is 10.0 Å². The van der Waals surface area contributed by atoms with Crippen molar-refractivity contribution in [2.24, 2.45) is 0 Å². The molecule has 1 aliphatic heterocycles. The predicted molar refractivity (Wildman–Crippen MR) is 96.3 cm³/mol. The average molecular weight is 393 g/mol. The number of nitrogens with zero attached hydrogens (tertiary/aromatic N) is 2. The van der Waals surface area contributed by atoms with Crippen LogP contribution in [0.4, 0.5) is 20.5 Å². The highest BCUT2D eigenvalue weighted by molar-refractivity contribution is 7.89. The summed E-state index contributed by atoms with van der Waals surface area (Å²) in [5.41, 5.74) is 0.847. The number of hydrogen-bond donors (Lipinski definition) is 1. The van der Waals surface area contributed by atoms with E-state index < -0.39 is 21.7 Å². The van der Waals surface area contributed by atoms with Crippen molar-refractivity contribution >= 4 is 32.8 Å². The van der Waals surface area contributed by atoms with E-state index in [1.165, 1.54) is 22.5 Å². The molecular formula is C18H17F2N3O3S. The molecule has 0 bridgehead atoms. The summed E-state index contributed by atoms with van der Waals surface area (Å²) < 4.78 is 59.1. The molecule has 4 rings (SSSR count). The maximum atomic E-state index is 13.3. The fourth-order valence-corrected chi connectivity index (χ4v) is 4.66. The zero-order valence-corrected chi connectivity index (χ0v) is 15.1. The highest BCUT2D eigenvalue weighted by Crippen LogP contribution is 2.27. The maximum absolute atomic E-state index is 13.3. The number of anilines is 2. The molecule has 6 nitrogen and oxygen atoms in total. The van der Waals surface area contributed by atoms with Crippen LogP contribution in [0.15, 0.2) is 45.7 Å². The van der Waals surface area contributed by atoms with Crippen LogP contribution < -0.4 is 5.32 Å². The molecule has 142 valence electrons. The molecule has 2 heterocycles. The third kappa shape index (κ3) is 3.65. The maximum Gasteiger partial charge on any atom is 0.300 e. The average Bonchev–Trinajstić information content (AvgIpc) is 3.02. The molecule has 0 amide bonds. The molecule has 1 aromatic heterocycles. The van der Waals surface area contributed by atoms with Crippen LogP contribution in [0.3, 0.4) is 0 Å². The van der Waals surface area contributed by atoms with Crippen LogP contribution in [0, 0.1) is 11.6 Å². The minimum atomic E-state index is -3.58. The minimum Gasteiger partial charge on any atom is -0.423 e. The molecule has 0 atom stereocenters. The lowest BCUT2D eigenvalue weighted by atomic mass is 10.2. The van der Waals surface area contributed by atoms with Crippen molar-refractivity contribution in [2.45, 2.75) is 24.2 Å². The first-order chi connectivity index (χ1) is 12.9. The second-order valence-corrected chi connectivity index (χ2v) is 8.33. The number of fused-ring (bicyclic) bond motifs is 1. The Bertz CT molecular complexity index is 1070. The number of hydrogen-bond acceptors (Lipinski definition) is 5. The van der Waals surface area contributed by atoms with Crippen LogP contribution in [-0.2, 0) is 10.0 Å².